The maximum Gasteiger partial charge on any atom is 0.311 e. The summed E-state index contributed by atoms with van der Waals surface area (Å²) < 4.78 is 10.1. The number of amides is 1. The second-order valence-corrected chi connectivity index (χ2v) is 4.24. The van der Waals surface area contributed by atoms with Crippen LogP contribution in [0.3, 0.4) is 0 Å². The van der Waals surface area contributed by atoms with E-state index in [2.05, 4.69) is 5.32 Å². The van der Waals surface area contributed by atoms with Gasteiger partial charge in [-0.05, 0) is 13.3 Å². The molecule has 6 nitrogen and oxygen atoms in total. The van der Waals surface area contributed by atoms with Gasteiger partial charge in [0.05, 0.1) is 25.4 Å². The second-order valence-electron chi connectivity index (χ2n) is 4.24. The van der Waals surface area contributed by atoms with E-state index < -0.39 is 17.9 Å². The minimum Gasteiger partial charge on any atom is -0.481 e. The van der Waals surface area contributed by atoms with Crippen molar-refractivity contribution < 1.29 is 24.2 Å². The third-order valence-electron chi connectivity index (χ3n) is 2.92. The van der Waals surface area contributed by atoms with Crippen LogP contribution in [0.2, 0.25) is 0 Å². The average Bonchev–Trinajstić information content (AvgIpc) is 2.74. The van der Waals surface area contributed by atoms with E-state index in [1.54, 1.807) is 7.11 Å². The zero-order chi connectivity index (χ0) is 12.8. The van der Waals surface area contributed by atoms with Crippen LogP contribution in [0.15, 0.2) is 0 Å². The summed E-state index contributed by atoms with van der Waals surface area (Å²) in [7, 11) is 1.59. The Morgan fingerprint density at radius 1 is 1.53 bits per heavy atom. The predicted octanol–water partition coefficient (Wildman–Crippen LogP) is 0.0173. The molecule has 1 aliphatic heterocycles. The Morgan fingerprint density at radius 3 is 2.82 bits per heavy atom. The summed E-state index contributed by atoms with van der Waals surface area (Å²) >= 11 is 0. The molecule has 1 rings (SSSR count). The van der Waals surface area contributed by atoms with E-state index in [4.69, 9.17) is 14.6 Å². The molecular formula is C11H19NO5. The fourth-order valence-electron chi connectivity index (χ4n) is 1.67. The standard InChI is InChI=1S/C11H19NO5/c1-7(16-2)3-4-10(13)12-9-6-17-5-8(9)11(14)15/h7-9H,3-6H2,1-2H3,(H,12,13)(H,14,15). The third kappa shape index (κ3) is 4.32. The molecule has 3 atom stereocenters. The maximum atomic E-state index is 11.6. The number of aliphatic carboxylic acids is 1. The number of carbonyl (C=O) groups is 2. The van der Waals surface area contributed by atoms with Crippen LogP contribution >= 0.6 is 0 Å². The average molecular weight is 245 g/mol. The topological polar surface area (TPSA) is 84.9 Å². The smallest absolute Gasteiger partial charge is 0.311 e. The summed E-state index contributed by atoms with van der Waals surface area (Å²) in [6, 6.07) is -0.419. The predicted molar refractivity (Wildman–Crippen MR) is 59.6 cm³/mol. The number of ether oxygens (including phenoxy) is 2. The molecule has 1 saturated heterocycles. The first-order valence-electron chi connectivity index (χ1n) is 5.67. The van der Waals surface area contributed by atoms with Crippen LogP contribution in [0.4, 0.5) is 0 Å². The Labute approximate surface area is 100 Å². The zero-order valence-corrected chi connectivity index (χ0v) is 10.1. The number of carbonyl (C=O) groups excluding carboxylic acids is 1. The van der Waals surface area contributed by atoms with Crippen molar-refractivity contribution >= 4 is 11.9 Å². The molecule has 1 fully saturated rings. The number of carboxylic acids is 1. The normalized spacial score (nSPS) is 25.5. The fraction of sp³-hybridized carbons (Fsp3) is 0.818. The first-order chi connectivity index (χ1) is 8.04. The molecular weight excluding hydrogens is 226 g/mol. The molecule has 0 aromatic carbocycles. The van der Waals surface area contributed by atoms with Gasteiger partial charge in [0.15, 0.2) is 0 Å². The summed E-state index contributed by atoms with van der Waals surface area (Å²) in [5, 5.41) is 11.6. The van der Waals surface area contributed by atoms with Crippen LogP contribution < -0.4 is 5.32 Å². The number of nitrogens with one attached hydrogen (secondary N) is 1. The molecule has 0 aromatic rings. The van der Waals surface area contributed by atoms with E-state index >= 15 is 0 Å². The van der Waals surface area contributed by atoms with Gasteiger partial charge in [-0.25, -0.2) is 0 Å². The Morgan fingerprint density at radius 2 is 2.24 bits per heavy atom. The summed E-state index contributed by atoms with van der Waals surface area (Å²) in [6.45, 7) is 2.31. The van der Waals surface area contributed by atoms with E-state index in [1.807, 2.05) is 6.92 Å². The molecule has 0 aromatic heterocycles. The van der Waals surface area contributed by atoms with E-state index in [0.29, 0.717) is 12.8 Å². The molecule has 0 aliphatic carbocycles. The molecule has 3 unspecified atom stereocenters. The van der Waals surface area contributed by atoms with Gasteiger partial charge < -0.3 is 19.9 Å². The molecule has 0 saturated carbocycles. The van der Waals surface area contributed by atoms with Crippen LogP contribution in [0, 0.1) is 5.92 Å². The van der Waals surface area contributed by atoms with Gasteiger partial charge in [0.25, 0.3) is 0 Å². The lowest BCUT2D eigenvalue weighted by molar-refractivity contribution is -0.142. The molecule has 98 valence electrons. The van der Waals surface area contributed by atoms with Crippen LogP contribution in [0.5, 0.6) is 0 Å². The lowest BCUT2D eigenvalue weighted by Gasteiger charge is -2.16. The lowest BCUT2D eigenvalue weighted by Crippen LogP contribution is -2.42. The highest BCUT2D eigenvalue weighted by atomic mass is 16.5. The number of hydrogen-bond donors (Lipinski definition) is 2. The highest BCUT2D eigenvalue weighted by molar-refractivity contribution is 5.78. The SMILES string of the molecule is COC(C)CCC(=O)NC1COCC1C(=O)O. The van der Waals surface area contributed by atoms with Crippen LogP contribution in [0.1, 0.15) is 19.8 Å². The van der Waals surface area contributed by atoms with E-state index in [1.165, 1.54) is 0 Å². The van der Waals surface area contributed by atoms with Gasteiger partial charge >= 0.3 is 5.97 Å². The monoisotopic (exact) mass is 245 g/mol. The number of rotatable bonds is 6. The molecule has 6 heteroatoms. The summed E-state index contributed by atoms with van der Waals surface area (Å²) in [6.07, 6.45) is 0.974. The van der Waals surface area contributed by atoms with Crippen LogP contribution in [-0.4, -0.2) is 49.5 Å². The van der Waals surface area contributed by atoms with Crippen molar-refractivity contribution in [1.82, 2.24) is 5.32 Å². The first kappa shape index (κ1) is 13.9. The van der Waals surface area contributed by atoms with Crippen molar-refractivity contribution in [3.8, 4) is 0 Å². The van der Waals surface area contributed by atoms with Gasteiger partial charge in [-0.2, -0.15) is 0 Å². The summed E-state index contributed by atoms with van der Waals surface area (Å²) in [4.78, 5) is 22.4. The highest BCUT2D eigenvalue weighted by Gasteiger charge is 2.34. The number of hydrogen-bond acceptors (Lipinski definition) is 4. The van der Waals surface area contributed by atoms with Crippen molar-refractivity contribution in [2.45, 2.75) is 31.9 Å². The third-order valence-corrected chi connectivity index (χ3v) is 2.92. The van der Waals surface area contributed by atoms with Gasteiger partial charge in [0.1, 0.15) is 5.92 Å². The van der Waals surface area contributed by atoms with Crippen LogP contribution in [0.25, 0.3) is 0 Å². The Balaban J connectivity index is 2.33. The van der Waals surface area contributed by atoms with Gasteiger partial charge in [-0.3, -0.25) is 9.59 Å². The molecule has 1 heterocycles. The van der Waals surface area contributed by atoms with Crippen molar-refractivity contribution in [3.05, 3.63) is 0 Å². The Bertz CT molecular complexity index is 281. The fourth-order valence-corrected chi connectivity index (χ4v) is 1.67. The Hall–Kier alpha value is -1.14. The zero-order valence-electron chi connectivity index (χ0n) is 10.1. The minimum atomic E-state index is -0.932. The number of carboxylic acid groups (broad SMARTS) is 1. The van der Waals surface area contributed by atoms with Gasteiger partial charge in [0.2, 0.25) is 5.91 Å². The largest absolute Gasteiger partial charge is 0.481 e. The van der Waals surface area contributed by atoms with Crippen molar-refractivity contribution in [1.29, 1.82) is 0 Å². The van der Waals surface area contributed by atoms with Gasteiger partial charge in [0, 0.05) is 13.5 Å². The molecule has 17 heavy (non-hydrogen) atoms. The van der Waals surface area contributed by atoms with Crippen molar-refractivity contribution in [2.24, 2.45) is 5.92 Å². The first-order valence-corrected chi connectivity index (χ1v) is 5.67. The summed E-state index contributed by atoms with van der Waals surface area (Å²) in [5.41, 5.74) is 0. The maximum absolute atomic E-state index is 11.6. The van der Waals surface area contributed by atoms with Crippen LogP contribution in [-0.2, 0) is 19.1 Å². The molecule has 0 spiro atoms. The van der Waals surface area contributed by atoms with E-state index in [0.717, 1.165) is 0 Å². The van der Waals surface area contributed by atoms with Gasteiger partial charge in [-0.15, -0.1) is 0 Å². The molecule has 0 bridgehead atoms. The quantitative estimate of drug-likeness (QED) is 0.689. The Kier molecular flexibility index (Phi) is 5.37. The van der Waals surface area contributed by atoms with E-state index in [9.17, 15) is 9.59 Å². The molecule has 1 amide bonds. The summed E-state index contributed by atoms with van der Waals surface area (Å²) in [5.74, 6) is -1.73. The molecule has 2 N–H and O–H groups in total. The molecule has 0 radical (unpaired) electrons. The second kappa shape index (κ2) is 6.56. The van der Waals surface area contributed by atoms with Gasteiger partial charge in [-0.1, -0.05) is 0 Å². The number of methoxy groups -OCH3 is 1. The highest BCUT2D eigenvalue weighted by Crippen LogP contribution is 2.14. The van der Waals surface area contributed by atoms with Crippen molar-refractivity contribution in [3.63, 3.8) is 0 Å². The lowest BCUT2D eigenvalue weighted by atomic mass is 10.0. The van der Waals surface area contributed by atoms with Crippen molar-refractivity contribution in [2.75, 3.05) is 20.3 Å². The molecule has 1 aliphatic rings. The minimum absolute atomic E-state index is 0.0239. The van der Waals surface area contributed by atoms with E-state index in [-0.39, 0.29) is 25.2 Å².